The van der Waals surface area contributed by atoms with E-state index < -0.39 is 5.97 Å². The van der Waals surface area contributed by atoms with Crippen LogP contribution in [0.4, 0.5) is 0 Å². The number of carbonyl (C=O) groups is 1. The summed E-state index contributed by atoms with van der Waals surface area (Å²) in [7, 11) is 0. The van der Waals surface area contributed by atoms with Gasteiger partial charge in [0.25, 0.3) is 5.82 Å². The van der Waals surface area contributed by atoms with Crippen molar-refractivity contribution < 1.29 is 9.90 Å². The van der Waals surface area contributed by atoms with Crippen molar-refractivity contribution >= 4 is 17.7 Å². The Morgan fingerprint density at radius 1 is 1.47 bits per heavy atom. The maximum atomic E-state index is 10.7. The van der Waals surface area contributed by atoms with Gasteiger partial charge in [-0.3, -0.25) is 0 Å². The van der Waals surface area contributed by atoms with Gasteiger partial charge in [-0.1, -0.05) is 0 Å². The molecule has 1 N–H and O–H groups in total. The van der Waals surface area contributed by atoms with Crippen LogP contribution in [0, 0.1) is 0 Å². The van der Waals surface area contributed by atoms with Crippen molar-refractivity contribution in [3.8, 4) is 0 Å². The van der Waals surface area contributed by atoms with Gasteiger partial charge in [-0.05, 0) is 24.3 Å². The summed E-state index contributed by atoms with van der Waals surface area (Å²) < 4.78 is 0. The molecule has 0 amide bonds. The predicted octanol–water partition coefficient (Wildman–Crippen LogP) is 1.18. The molecule has 2 heterocycles. The lowest BCUT2D eigenvalue weighted by molar-refractivity contribution is 0.0681. The predicted molar refractivity (Wildman–Crippen MR) is 56.1 cm³/mol. The van der Waals surface area contributed by atoms with Crippen LogP contribution in [0.2, 0.25) is 0 Å². The van der Waals surface area contributed by atoms with Crippen LogP contribution in [0.15, 0.2) is 6.20 Å². The van der Waals surface area contributed by atoms with Gasteiger partial charge in [0.2, 0.25) is 0 Å². The Labute approximate surface area is 91.3 Å². The van der Waals surface area contributed by atoms with Crippen molar-refractivity contribution in [2.75, 3.05) is 11.5 Å². The average molecular weight is 225 g/mol. The van der Waals surface area contributed by atoms with E-state index in [-0.39, 0.29) is 5.82 Å². The largest absolute Gasteiger partial charge is 0.475 e. The molecular formula is C9H11N3O2S. The van der Waals surface area contributed by atoms with E-state index in [1.54, 1.807) is 6.20 Å². The number of thioether (sulfide) groups is 1. The van der Waals surface area contributed by atoms with Gasteiger partial charge in [-0.15, -0.1) is 5.10 Å². The molecule has 2 rings (SSSR count). The second-order valence-corrected chi connectivity index (χ2v) is 4.62. The molecule has 1 aliphatic heterocycles. The first-order valence-corrected chi connectivity index (χ1v) is 5.93. The third kappa shape index (κ3) is 2.44. The van der Waals surface area contributed by atoms with Gasteiger partial charge in [-0.2, -0.15) is 16.9 Å². The van der Waals surface area contributed by atoms with Gasteiger partial charge >= 0.3 is 5.97 Å². The first-order valence-electron chi connectivity index (χ1n) is 4.78. The zero-order valence-corrected chi connectivity index (χ0v) is 8.90. The van der Waals surface area contributed by atoms with Crippen LogP contribution in [0.3, 0.4) is 0 Å². The fourth-order valence-electron chi connectivity index (χ4n) is 1.60. The summed E-state index contributed by atoms with van der Waals surface area (Å²) in [5, 5.41) is 15.9. The maximum Gasteiger partial charge on any atom is 0.375 e. The van der Waals surface area contributed by atoms with E-state index in [2.05, 4.69) is 15.2 Å². The van der Waals surface area contributed by atoms with Crippen LogP contribution in [0.1, 0.15) is 35.1 Å². The molecular weight excluding hydrogens is 214 g/mol. The highest BCUT2D eigenvalue weighted by Crippen LogP contribution is 2.29. The summed E-state index contributed by atoms with van der Waals surface area (Å²) in [6.45, 7) is 0. The monoisotopic (exact) mass is 225 g/mol. The van der Waals surface area contributed by atoms with Crippen LogP contribution in [-0.2, 0) is 0 Å². The Morgan fingerprint density at radius 3 is 2.87 bits per heavy atom. The molecule has 1 aliphatic rings. The Bertz CT molecular complexity index is 366. The number of hydrogen-bond acceptors (Lipinski definition) is 5. The molecule has 0 saturated carbocycles. The molecule has 1 fully saturated rings. The van der Waals surface area contributed by atoms with Crippen molar-refractivity contribution in [1.29, 1.82) is 0 Å². The van der Waals surface area contributed by atoms with Crippen LogP contribution < -0.4 is 0 Å². The molecule has 80 valence electrons. The summed E-state index contributed by atoms with van der Waals surface area (Å²) >= 11 is 1.92. The molecule has 0 bridgehead atoms. The highest BCUT2D eigenvalue weighted by Gasteiger charge is 2.19. The van der Waals surface area contributed by atoms with Crippen molar-refractivity contribution in [3.63, 3.8) is 0 Å². The van der Waals surface area contributed by atoms with Crippen LogP contribution in [0.5, 0.6) is 0 Å². The van der Waals surface area contributed by atoms with Gasteiger partial charge in [0.1, 0.15) is 0 Å². The lowest BCUT2D eigenvalue weighted by Gasteiger charge is -2.20. The zero-order chi connectivity index (χ0) is 10.7. The molecule has 0 spiro atoms. The topological polar surface area (TPSA) is 76.0 Å². The van der Waals surface area contributed by atoms with Gasteiger partial charge in [0, 0.05) is 5.92 Å². The van der Waals surface area contributed by atoms with Gasteiger partial charge in [-0.25, -0.2) is 9.78 Å². The van der Waals surface area contributed by atoms with Gasteiger partial charge in [0.05, 0.1) is 11.9 Å². The minimum absolute atomic E-state index is 0.203. The summed E-state index contributed by atoms with van der Waals surface area (Å²) in [5.41, 5.74) is 0.766. The van der Waals surface area contributed by atoms with Crippen molar-refractivity contribution in [2.24, 2.45) is 0 Å². The number of carboxylic acid groups (broad SMARTS) is 1. The quantitative estimate of drug-likeness (QED) is 0.814. The Morgan fingerprint density at radius 2 is 2.20 bits per heavy atom. The fraction of sp³-hybridized carbons (Fsp3) is 0.556. The van der Waals surface area contributed by atoms with E-state index in [1.807, 2.05) is 11.8 Å². The molecule has 0 unspecified atom stereocenters. The summed E-state index contributed by atoms with van der Waals surface area (Å²) in [4.78, 5) is 14.7. The van der Waals surface area contributed by atoms with E-state index >= 15 is 0 Å². The molecule has 1 aromatic rings. The molecule has 1 saturated heterocycles. The SMILES string of the molecule is O=C(O)c1nncc(C2CCSCC2)n1. The summed E-state index contributed by atoms with van der Waals surface area (Å²) in [5.74, 6) is 1.24. The third-order valence-corrected chi connectivity index (χ3v) is 3.46. The standard InChI is InChI=1S/C9H11N3O2S/c13-9(14)8-11-7(5-10-12-8)6-1-3-15-4-2-6/h5-6H,1-4H2,(H,13,14). The second kappa shape index (κ2) is 4.57. The van der Waals surface area contributed by atoms with E-state index in [4.69, 9.17) is 5.11 Å². The first kappa shape index (κ1) is 10.4. The van der Waals surface area contributed by atoms with E-state index in [9.17, 15) is 4.79 Å². The first-order chi connectivity index (χ1) is 7.27. The van der Waals surface area contributed by atoms with E-state index in [0.717, 1.165) is 30.0 Å². The second-order valence-electron chi connectivity index (χ2n) is 3.40. The molecule has 0 radical (unpaired) electrons. The van der Waals surface area contributed by atoms with Crippen LogP contribution in [0.25, 0.3) is 0 Å². The lowest BCUT2D eigenvalue weighted by atomic mass is 9.99. The molecule has 5 nitrogen and oxygen atoms in total. The third-order valence-electron chi connectivity index (χ3n) is 2.41. The molecule has 1 aromatic heterocycles. The summed E-state index contributed by atoms with van der Waals surface area (Å²) in [6.07, 6.45) is 3.66. The van der Waals surface area contributed by atoms with E-state index in [1.165, 1.54) is 0 Å². The molecule has 6 heteroatoms. The Hall–Kier alpha value is -1.17. The Balaban J connectivity index is 2.19. The number of nitrogens with zero attached hydrogens (tertiary/aromatic N) is 3. The maximum absolute atomic E-state index is 10.7. The van der Waals surface area contributed by atoms with Gasteiger partial charge in [0.15, 0.2) is 0 Å². The highest BCUT2D eigenvalue weighted by atomic mass is 32.2. The Kier molecular flexibility index (Phi) is 3.15. The van der Waals surface area contributed by atoms with Crippen molar-refractivity contribution in [2.45, 2.75) is 18.8 Å². The number of carboxylic acids is 1. The number of hydrogen-bond donors (Lipinski definition) is 1. The van der Waals surface area contributed by atoms with Crippen LogP contribution >= 0.6 is 11.8 Å². The fourth-order valence-corrected chi connectivity index (χ4v) is 2.70. The van der Waals surface area contributed by atoms with Gasteiger partial charge < -0.3 is 5.11 Å². The van der Waals surface area contributed by atoms with Crippen molar-refractivity contribution in [3.05, 3.63) is 17.7 Å². The normalized spacial score (nSPS) is 17.6. The van der Waals surface area contributed by atoms with Crippen molar-refractivity contribution in [1.82, 2.24) is 15.2 Å². The molecule has 0 aromatic carbocycles. The minimum atomic E-state index is -1.12. The summed E-state index contributed by atoms with van der Waals surface area (Å²) in [6, 6.07) is 0. The van der Waals surface area contributed by atoms with Crippen LogP contribution in [-0.4, -0.2) is 37.8 Å². The average Bonchev–Trinajstić information content (AvgIpc) is 2.30. The molecule has 0 atom stereocenters. The minimum Gasteiger partial charge on any atom is -0.475 e. The number of aromatic nitrogens is 3. The number of aromatic carboxylic acids is 1. The highest BCUT2D eigenvalue weighted by molar-refractivity contribution is 7.99. The smallest absolute Gasteiger partial charge is 0.375 e. The molecule has 15 heavy (non-hydrogen) atoms. The lowest BCUT2D eigenvalue weighted by Crippen LogP contribution is -2.14. The van der Waals surface area contributed by atoms with E-state index in [0.29, 0.717) is 5.92 Å². The molecule has 0 aliphatic carbocycles. The zero-order valence-electron chi connectivity index (χ0n) is 8.09. The number of rotatable bonds is 2.